The van der Waals surface area contributed by atoms with Gasteiger partial charge in [-0.2, -0.15) is 5.26 Å². The number of carbonyl (C=O) groups excluding carboxylic acids is 1. The largest absolute Gasteiger partial charge is 0.390 e. The number of hydrogen-bond acceptors (Lipinski definition) is 8. The molecule has 0 unspecified atom stereocenters. The van der Waals surface area contributed by atoms with Gasteiger partial charge in [-0.3, -0.25) is 9.78 Å². The molecule has 3 aromatic rings. The minimum atomic E-state index is -1.34. The molecule has 3 heterocycles. The highest BCUT2D eigenvalue weighted by Crippen LogP contribution is 2.33. The summed E-state index contributed by atoms with van der Waals surface area (Å²) in [6.07, 6.45) is -0.456. The van der Waals surface area contributed by atoms with Crippen LogP contribution in [0.4, 0.5) is 8.78 Å². The van der Waals surface area contributed by atoms with E-state index in [1.165, 1.54) is 30.7 Å². The van der Waals surface area contributed by atoms with Crippen LogP contribution in [0.2, 0.25) is 0 Å². The van der Waals surface area contributed by atoms with Gasteiger partial charge in [-0.1, -0.05) is 6.07 Å². The SMILES string of the molecule is N#C[C@H]1O[C@@H](c2ccncc2CC(=O)c2ccnc(-c3c(F)cccc3F)n2)C[C@@H](O)[C@@H]1O. The number of rotatable bonds is 5. The van der Waals surface area contributed by atoms with Crippen LogP contribution in [0.1, 0.15) is 34.1 Å². The van der Waals surface area contributed by atoms with Crippen LogP contribution in [-0.4, -0.2) is 49.3 Å². The van der Waals surface area contributed by atoms with Crippen molar-refractivity contribution < 1.29 is 28.5 Å². The summed E-state index contributed by atoms with van der Waals surface area (Å²) < 4.78 is 33.8. The van der Waals surface area contributed by atoms with Gasteiger partial charge in [0.25, 0.3) is 0 Å². The molecule has 2 aromatic heterocycles. The summed E-state index contributed by atoms with van der Waals surface area (Å²) in [7, 11) is 0. The summed E-state index contributed by atoms with van der Waals surface area (Å²) in [6.45, 7) is 0. The number of aliphatic hydroxyl groups excluding tert-OH is 2. The van der Waals surface area contributed by atoms with Crippen LogP contribution in [0.25, 0.3) is 11.4 Å². The van der Waals surface area contributed by atoms with Gasteiger partial charge in [0.05, 0.1) is 23.8 Å². The molecular weight excluding hydrogens is 434 g/mol. The standard InChI is InChI=1S/C23H18F2N4O4/c24-14-2-1-3-15(25)21(14)23-28-7-5-16(29-23)17(30)8-12-11-27-6-4-13(12)19-9-18(31)22(32)20(10-26)33-19/h1-7,11,18-20,22,31-32H,8-9H2/t18-,19-,20-,22+/m1/s1. The molecule has 1 aliphatic heterocycles. The first-order chi connectivity index (χ1) is 15.9. The maximum Gasteiger partial charge on any atom is 0.185 e. The molecule has 0 bridgehead atoms. The molecular formula is C23H18F2N4O4. The average molecular weight is 452 g/mol. The van der Waals surface area contributed by atoms with E-state index in [-0.39, 0.29) is 24.4 Å². The van der Waals surface area contributed by atoms with Gasteiger partial charge >= 0.3 is 0 Å². The fraction of sp³-hybridized carbons (Fsp3) is 0.261. The Bertz CT molecular complexity index is 1210. The first-order valence-corrected chi connectivity index (χ1v) is 10.0. The van der Waals surface area contributed by atoms with Crippen LogP contribution in [0.15, 0.2) is 48.9 Å². The Balaban J connectivity index is 1.60. The highest BCUT2D eigenvalue weighted by atomic mass is 19.1. The average Bonchev–Trinajstić information content (AvgIpc) is 2.81. The van der Waals surface area contributed by atoms with Crippen molar-refractivity contribution >= 4 is 5.78 Å². The molecule has 0 saturated carbocycles. The number of Topliss-reactive ketones (excluding diaryl/α,β-unsaturated/α-hetero) is 1. The molecule has 0 amide bonds. The van der Waals surface area contributed by atoms with Crippen LogP contribution >= 0.6 is 0 Å². The maximum absolute atomic E-state index is 14.1. The topological polar surface area (TPSA) is 129 Å². The fourth-order valence-electron chi connectivity index (χ4n) is 3.69. The Labute approximate surface area is 187 Å². The minimum Gasteiger partial charge on any atom is -0.390 e. The van der Waals surface area contributed by atoms with E-state index in [4.69, 9.17) is 4.74 Å². The number of ketones is 1. The van der Waals surface area contributed by atoms with Crippen LogP contribution in [0.3, 0.4) is 0 Å². The molecule has 0 radical (unpaired) electrons. The number of hydrogen-bond donors (Lipinski definition) is 2. The molecule has 1 aliphatic rings. The molecule has 4 rings (SSSR count). The highest BCUT2D eigenvalue weighted by molar-refractivity contribution is 5.96. The van der Waals surface area contributed by atoms with E-state index in [1.54, 1.807) is 6.07 Å². The molecule has 8 nitrogen and oxygen atoms in total. The molecule has 1 fully saturated rings. The molecule has 4 atom stereocenters. The lowest BCUT2D eigenvalue weighted by Crippen LogP contribution is -2.44. The highest BCUT2D eigenvalue weighted by Gasteiger charge is 2.38. The second-order valence-corrected chi connectivity index (χ2v) is 7.50. The number of ether oxygens (including phenoxy) is 1. The van der Waals surface area contributed by atoms with Crippen molar-refractivity contribution in [2.75, 3.05) is 0 Å². The molecule has 0 spiro atoms. The van der Waals surface area contributed by atoms with Gasteiger partial charge < -0.3 is 14.9 Å². The van der Waals surface area contributed by atoms with Gasteiger partial charge in [-0.15, -0.1) is 0 Å². The number of carbonyl (C=O) groups is 1. The third-order valence-corrected chi connectivity index (χ3v) is 5.36. The summed E-state index contributed by atoms with van der Waals surface area (Å²) in [6, 6.07) is 8.11. The van der Waals surface area contributed by atoms with Crippen LogP contribution < -0.4 is 0 Å². The third-order valence-electron chi connectivity index (χ3n) is 5.36. The fourth-order valence-corrected chi connectivity index (χ4v) is 3.69. The molecule has 1 saturated heterocycles. The third kappa shape index (κ3) is 4.61. The van der Waals surface area contributed by atoms with Crippen molar-refractivity contribution in [1.29, 1.82) is 5.26 Å². The van der Waals surface area contributed by atoms with E-state index in [9.17, 15) is 29.1 Å². The predicted molar refractivity (Wildman–Crippen MR) is 110 cm³/mol. The smallest absolute Gasteiger partial charge is 0.185 e. The number of aromatic nitrogens is 3. The van der Waals surface area contributed by atoms with Crippen molar-refractivity contribution in [2.45, 2.75) is 37.3 Å². The zero-order valence-electron chi connectivity index (χ0n) is 17.1. The van der Waals surface area contributed by atoms with Crippen LogP contribution in [0, 0.1) is 23.0 Å². The molecule has 0 aliphatic carbocycles. The van der Waals surface area contributed by atoms with Crippen LogP contribution in [0.5, 0.6) is 0 Å². The van der Waals surface area contributed by atoms with E-state index in [0.717, 1.165) is 12.1 Å². The van der Waals surface area contributed by atoms with Crippen molar-refractivity contribution in [3.63, 3.8) is 0 Å². The predicted octanol–water partition coefficient (Wildman–Crippen LogP) is 2.32. The molecule has 168 valence electrons. The molecule has 10 heteroatoms. The van der Waals surface area contributed by atoms with E-state index in [1.807, 2.05) is 6.07 Å². The quantitative estimate of drug-likeness (QED) is 0.565. The zero-order valence-corrected chi connectivity index (χ0v) is 17.1. The molecule has 33 heavy (non-hydrogen) atoms. The number of nitriles is 1. The lowest BCUT2D eigenvalue weighted by molar-refractivity contribution is -0.150. The number of benzene rings is 1. The monoisotopic (exact) mass is 452 g/mol. The maximum atomic E-state index is 14.1. The number of nitrogens with zero attached hydrogens (tertiary/aromatic N) is 4. The first kappa shape index (κ1) is 22.5. The second kappa shape index (κ2) is 9.46. The molecule has 1 aromatic carbocycles. The summed E-state index contributed by atoms with van der Waals surface area (Å²) >= 11 is 0. The summed E-state index contributed by atoms with van der Waals surface area (Å²) in [5, 5.41) is 29.2. The van der Waals surface area contributed by atoms with Gasteiger partial charge in [-0.05, 0) is 35.4 Å². The lowest BCUT2D eigenvalue weighted by atomic mass is 9.91. The normalized spacial score (nSPS) is 22.5. The Kier molecular flexibility index (Phi) is 6.46. The summed E-state index contributed by atoms with van der Waals surface area (Å²) in [5.74, 6) is -2.42. The number of pyridine rings is 1. The lowest BCUT2D eigenvalue weighted by Gasteiger charge is -2.34. The van der Waals surface area contributed by atoms with Gasteiger partial charge in [0.2, 0.25) is 0 Å². The number of aliphatic hydroxyl groups is 2. The van der Waals surface area contributed by atoms with Gasteiger partial charge in [-0.25, -0.2) is 18.7 Å². The Hall–Kier alpha value is -3.65. The Morgan fingerprint density at radius 2 is 1.94 bits per heavy atom. The van der Waals surface area contributed by atoms with E-state index in [0.29, 0.717) is 11.1 Å². The van der Waals surface area contributed by atoms with Crippen molar-refractivity contribution in [3.8, 4) is 17.5 Å². The van der Waals surface area contributed by atoms with Gasteiger partial charge in [0, 0.05) is 31.4 Å². The van der Waals surface area contributed by atoms with Crippen molar-refractivity contribution in [2.24, 2.45) is 0 Å². The Morgan fingerprint density at radius 3 is 2.67 bits per heavy atom. The van der Waals surface area contributed by atoms with Gasteiger partial charge in [0.1, 0.15) is 23.4 Å². The zero-order chi connectivity index (χ0) is 23.5. The molecule has 2 N–H and O–H groups in total. The van der Waals surface area contributed by atoms with Crippen LogP contribution in [-0.2, 0) is 11.2 Å². The summed E-state index contributed by atoms with van der Waals surface area (Å²) in [5.41, 5.74) is 0.510. The van der Waals surface area contributed by atoms with E-state index < -0.39 is 47.4 Å². The first-order valence-electron chi connectivity index (χ1n) is 10.0. The number of halogens is 2. The van der Waals surface area contributed by atoms with E-state index >= 15 is 0 Å². The van der Waals surface area contributed by atoms with Gasteiger partial charge in [0.15, 0.2) is 17.7 Å². The Morgan fingerprint density at radius 1 is 1.18 bits per heavy atom. The van der Waals surface area contributed by atoms with Crippen molar-refractivity contribution in [3.05, 3.63) is 77.4 Å². The second-order valence-electron chi connectivity index (χ2n) is 7.50. The minimum absolute atomic E-state index is 0.0226. The summed E-state index contributed by atoms with van der Waals surface area (Å²) in [4.78, 5) is 24.9. The van der Waals surface area contributed by atoms with Crippen molar-refractivity contribution in [1.82, 2.24) is 15.0 Å². The van der Waals surface area contributed by atoms with E-state index in [2.05, 4.69) is 15.0 Å².